The molecule has 0 bridgehead atoms. The van der Waals surface area contributed by atoms with Crippen LogP contribution in [0.4, 0.5) is 11.5 Å². The fourth-order valence-corrected chi connectivity index (χ4v) is 3.61. The van der Waals surface area contributed by atoms with E-state index in [2.05, 4.69) is 20.3 Å². The van der Waals surface area contributed by atoms with Crippen molar-refractivity contribution in [3.63, 3.8) is 0 Å². The molecule has 7 heteroatoms. The van der Waals surface area contributed by atoms with Crippen LogP contribution in [-0.4, -0.2) is 53.0 Å². The van der Waals surface area contributed by atoms with Crippen molar-refractivity contribution in [2.45, 2.75) is 19.3 Å². The molecule has 0 radical (unpaired) electrons. The maximum atomic E-state index is 6.02. The minimum atomic E-state index is 0.676. The number of methoxy groups -OCH3 is 1. The summed E-state index contributed by atoms with van der Waals surface area (Å²) in [6, 6.07) is 7.83. The van der Waals surface area contributed by atoms with E-state index in [1.54, 1.807) is 7.11 Å². The fourth-order valence-electron chi connectivity index (χ4n) is 3.61. The Balaban J connectivity index is 1.42. The maximum absolute atomic E-state index is 6.02. The number of benzene rings is 1. The Kier molecular flexibility index (Phi) is 5.62. The van der Waals surface area contributed by atoms with Gasteiger partial charge in [-0.3, -0.25) is 4.68 Å². The smallest absolute Gasteiger partial charge is 0.163 e. The monoisotopic (exact) mass is 381 g/mol. The molecule has 1 fully saturated rings. The number of ether oxygens (including phenoxy) is 2. The van der Waals surface area contributed by atoms with E-state index in [0.29, 0.717) is 6.61 Å². The molecule has 1 aliphatic heterocycles. The molecular weight excluding hydrogens is 354 g/mol. The van der Waals surface area contributed by atoms with Crippen LogP contribution in [0.2, 0.25) is 0 Å². The van der Waals surface area contributed by atoms with Crippen LogP contribution >= 0.6 is 0 Å². The molecule has 3 heterocycles. The van der Waals surface area contributed by atoms with E-state index in [1.807, 2.05) is 48.4 Å². The highest BCUT2D eigenvalue weighted by molar-refractivity contribution is 5.81. The van der Waals surface area contributed by atoms with E-state index >= 15 is 0 Å². The van der Waals surface area contributed by atoms with Crippen LogP contribution in [0.15, 0.2) is 36.7 Å². The molecule has 0 unspecified atom stereocenters. The summed E-state index contributed by atoms with van der Waals surface area (Å²) >= 11 is 0. The van der Waals surface area contributed by atoms with Gasteiger partial charge in [-0.2, -0.15) is 5.10 Å². The highest BCUT2D eigenvalue weighted by atomic mass is 16.5. The van der Waals surface area contributed by atoms with Crippen LogP contribution in [0.3, 0.4) is 0 Å². The number of fused-ring (bicyclic) bond motifs is 1. The van der Waals surface area contributed by atoms with Crippen molar-refractivity contribution < 1.29 is 9.47 Å². The molecule has 1 N–H and O–H groups in total. The summed E-state index contributed by atoms with van der Waals surface area (Å²) in [4.78, 5) is 6.96. The Bertz CT molecular complexity index is 934. The molecule has 0 saturated carbocycles. The predicted octanol–water partition coefficient (Wildman–Crippen LogP) is 3.59. The summed E-state index contributed by atoms with van der Waals surface area (Å²) in [5.74, 6) is 2.25. The van der Waals surface area contributed by atoms with Gasteiger partial charge in [0, 0.05) is 43.0 Å². The molecule has 2 aromatic heterocycles. The molecule has 0 aliphatic carbocycles. The molecule has 1 aliphatic rings. The van der Waals surface area contributed by atoms with E-state index in [9.17, 15) is 0 Å². The van der Waals surface area contributed by atoms with Gasteiger partial charge in [-0.05, 0) is 44.5 Å². The zero-order valence-electron chi connectivity index (χ0n) is 16.5. The number of likely N-dealkylation sites (tertiary alicyclic amines) is 1. The van der Waals surface area contributed by atoms with Gasteiger partial charge in [0.15, 0.2) is 11.5 Å². The number of hydrogen-bond donors (Lipinski definition) is 1. The second-order valence-electron chi connectivity index (χ2n) is 7.14. The van der Waals surface area contributed by atoms with Gasteiger partial charge in [-0.15, -0.1) is 0 Å². The van der Waals surface area contributed by atoms with E-state index in [4.69, 9.17) is 9.47 Å². The first-order valence-electron chi connectivity index (χ1n) is 9.81. The van der Waals surface area contributed by atoms with Gasteiger partial charge >= 0.3 is 0 Å². The van der Waals surface area contributed by atoms with Crippen LogP contribution in [0.25, 0.3) is 10.9 Å². The van der Waals surface area contributed by atoms with Crippen molar-refractivity contribution in [3.8, 4) is 11.5 Å². The molecule has 0 amide bonds. The number of pyridine rings is 1. The van der Waals surface area contributed by atoms with Crippen molar-refractivity contribution >= 4 is 22.4 Å². The van der Waals surface area contributed by atoms with Crippen molar-refractivity contribution in [1.29, 1.82) is 0 Å². The number of nitrogens with zero attached hydrogens (tertiary/aromatic N) is 4. The van der Waals surface area contributed by atoms with Gasteiger partial charge in [0.1, 0.15) is 5.82 Å². The highest BCUT2D eigenvalue weighted by Crippen LogP contribution is 2.31. The van der Waals surface area contributed by atoms with Gasteiger partial charge in [0.2, 0.25) is 0 Å². The number of hydrogen-bond acceptors (Lipinski definition) is 6. The molecule has 148 valence electrons. The zero-order chi connectivity index (χ0) is 19.3. The number of anilines is 2. The van der Waals surface area contributed by atoms with Gasteiger partial charge in [-0.1, -0.05) is 0 Å². The standard InChI is InChI=1S/C21H27N5O2/c1-25-18-13-21(22-14-16(18)15-23-25)24-17-6-7-19(27-2)20(12-17)28-11-5-10-26-8-3-4-9-26/h6-7,12-15H,3-5,8-11H2,1-2H3,(H,22,24). The first-order valence-corrected chi connectivity index (χ1v) is 9.81. The summed E-state index contributed by atoms with van der Waals surface area (Å²) in [5, 5.41) is 8.62. The summed E-state index contributed by atoms with van der Waals surface area (Å²) in [6.45, 7) is 4.21. The quantitative estimate of drug-likeness (QED) is 0.602. The lowest BCUT2D eigenvalue weighted by Gasteiger charge is -2.16. The van der Waals surface area contributed by atoms with E-state index < -0.39 is 0 Å². The van der Waals surface area contributed by atoms with Crippen LogP contribution in [-0.2, 0) is 7.05 Å². The molecule has 7 nitrogen and oxygen atoms in total. The molecule has 1 saturated heterocycles. The van der Waals surface area contributed by atoms with Crippen LogP contribution in [0.1, 0.15) is 19.3 Å². The Morgan fingerprint density at radius 3 is 2.79 bits per heavy atom. The molecular formula is C21H27N5O2. The molecule has 4 rings (SSSR count). The number of rotatable bonds is 8. The summed E-state index contributed by atoms with van der Waals surface area (Å²) in [5.41, 5.74) is 1.94. The van der Waals surface area contributed by atoms with Crippen molar-refractivity contribution in [1.82, 2.24) is 19.7 Å². The molecule has 28 heavy (non-hydrogen) atoms. The lowest BCUT2D eigenvalue weighted by Crippen LogP contribution is -2.21. The topological polar surface area (TPSA) is 64.4 Å². The first kappa shape index (κ1) is 18.6. The third kappa shape index (κ3) is 4.20. The largest absolute Gasteiger partial charge is 0.493 e. The maximum Gasteiger partial charge on any atom is 0.163 e. The lowest BCUT2D eigenvalue weighted by atomic mass is 10.2. The minimum absolute atomic E-state index is 0.676. The second-order valence-corrected chi connectivity index (χ2v) is 7.14. The number of nitrogens with one attached hydrogen (secondary N) is 1. The van der Waals surface area contributed by atoms with E-state index in [1.165, 1.54) is 25.9 Å². The molecule has 0 spiro atoms. The Morgan fingerprint density at radius 1 is 1.11 bits per heavy atom. The summed E-state index contributed by atoms with van der Waals surface area (Å²) in [6.07, 6.45) is 7.29. The summed E-state index contributed by atoms with van der Waals surface area (Å²) < 4.78 is 13.3. The molecule has 0 atom stereocenters. The van der Waals surface area contributed by atoms with Crippen LogP contribution in [0, 0.1) is 0 Å². The second kappa shape index (κ2) is 8.48. The Morgan fingerprint density at radius 2 is 1.96 bits per heavy atom. The normalized spacial score (nSPS) is 14.5. The molecule has 3 aromatic rings. The lowest BCUT2D eigenvalue weighted by molar-refractivity contribution is 0.254. The Labute approximate surface area is 165 Å². The van der Waals surface area contributed by atoms with Gasteiger partial charge in [-0.25, -0.2) is 4.98 Å². The average Bonchev–Trinajstić information content (AvgIpc) is 3.36. The van der Waals surface area contributed by atoms with Crippen molar-refractivity contribution in [2.24, 2.45) is 7.05 Å². The average molecular weight is 381 g/mol. The zero-order valence-corrected chi connectivity index (χ0v) is 16.5. The van der Waals surface area contributed by atoms with Gasteiger partial charge < -0.3 is 19.7 Å². The van der Waals surface area contributed by atoms with Gasteiger partial charge in [0.25, 0.3) is 0 Å². The minimum Gasteiger partial charge on any atom is -0.493 e. The van der Waals surface area contributed by atoms with Crippen LogP contribution < -0.4 is 14.8 Å². The predicted molar refractivity (Wildman–Crippen MR) is 111 cm³/mol. The third-order valence-corrected chi connectivity index (χ3v) is 5.14. The van der Waals surface area contributed by atoms with E-state index in [0.717, 1.165) is 46.9 Å². The van der Waals surface area contributed by atoms with E-state index in [-0.39, 0.29) is 0 Å². The number of aryl methyl sites for hydroxylation is 1. The SMILES string of the molecule is COc1ccc(Nc2cc3c(cn2)cnn3C)cc1OCCCN1CCCC1. The number of aromatic nitrogens is 3. The molecule has 1 aromatic carbocycles. The van der Waals surface area contributed by atoms with Crippen LogP contribution in [0.5, 0.6) is 11.5 Å². The Hall–Kier alpha value is -2.80. The third-order valence-electron chi connectivity index (χ3n) is 5.14. The van der Waals surface area contributed by atoms with Crippen molar-refractivity contribution in [3.05, 3.63) is 36.7 Å². The summed E-state index contributed by atoms with van der Waals surface area (Å²) in [7, 11) is 3.59. The van der Waals surface area contributed by atoms with Gasteiger partial charge in [0.05, 0.1) is 25.4 Å². The highest BCUT2D eigenvalue weighted by Gasteiger charge is 2.11. The fraction of sp³-hybridized carbons (Fsp3) is 0.429. The van der Waals surface area contributed by atoms with Crippen molar-refractivity contribution in [2.75, 3.05) is 38.7 Å². The first-order chi connectivity index (χ1) is 13.7.